The second kappa shape index (κ2) is 4.87. The molecule has 0 aromatic heterocycles. The highest BCUT2D eigenvalue weighted by Crippen LogP contribution is 2.21. The van der Waals surface area contributed by atoms with Crippen molar-refractivity contribution in [2.24, 2.45) is 0 Å². The van der Waals surface area contributed by atoms with Crippen molar-refractivity contribution in [1.29, 1.82) is 0 Å². The molecule has 0 saturated heterocycles. The zero-order chi connectivity index (χ0) is 12.3. The summed E-state index contributed by atoms with van der Waals surface area (Å²) in [6.45, 7) is 0. The Labute approximate surface area is 101 Å². The van der Waals surface area contributed by atoms with E-state index in [1.165, 1.54) is 12.1 Å². The summed E-state index contributed by atoms with van der Waals surface area (Å²) in [5.74, 6) is -0.224. The molecule has 0 radical (unpaired) electrons. The van der Waals surface area contributed by atoms with Gasteiger partial charge in [0.15, 0.2) is 0 Å². The van der Waals surface area contributed by atoms with Crippen LogP contribution in [0.2, 0.25) is 0 Å². The highest BCUT2D eigenvalue weighted by atomic mass is 19.1. The molecule has 0 aliphatic carbocycles. The fourth-order valence-electron chi connectivity index (χ4n) is 1.56. The van der Waals surface area contributed by atoms with Gasteiger partial charge in [0.2, 0.25) is 0 Å². The predicted molar refractivity (Wildman–Crippen MR) is 70.5 cm³/mol. The molecule has 0 atom stereocenters. The second-order valence-electron chi connectivity index (χ2n) is 4.08. The van der Waals surface area contributed by atoms with Crippen LogP contribution in [-0.4, -0.2) is 14.1 Å². The molecule has 0 aliphatic rings. The van der Waals surface area contributed by atoms with Crippen molar-refractivity contribution in [3.63, 3.8) is 0 Å². The Morgan fingerprint density at radius 2 is 1.65 bits per heavy atom. The van der Waals surface area contributed by atoms with Crippen molar-refractivity contribution in [3.05, 3.63) is 54.3 Å². The van der Waals surface area contributed by atoms with Gasteiger partial charge in [-0.25, -0.2) is 4.39 Å². The van der Waals surface area contributed by atoms with Crippen LogP contribution in [-0.2, 0) is 0 Å². The fraction of sp³-hybridized carbons (Fsp3) is 0.143. The lowest BCUT2D eigenvalue weighted by Crippen LogP contribution is -2.08. The molecule has 0 saturated carbocycles. The van der Waals surface area contributed by atoms with Gasteiger partial charge in [-0.15, -0.1) is 0 Å². The molecule has 0 heterocycles. The van der Waals surface area contributed by atoms with Crippen LogP contribution in [0.5, 0.6) is 0 Å². The van der Waals surface area contributed by atoms with Crippen LogP contribution in [0.4, 0.5) is 21.5 Å². The first kappa shape index (κ1) is 11.5. The van der Waals surface area contributed by atoms with Gasteiger partial charge in [0.1, 0.15) is 5.82 Å². The SMILES string of the molecule is CN(C)c1cccc(Nc2ccc(F)cc2)c1. The summed E-state index contributed by atoms with van der Waals surface area (Å²) in [4.78, 5) is 2.04. The molecule has 0 unspecified atom stereocenters. The van der Waals surface area contributed by atoms with Gasteiger partial charge >= 0.3 is 0 Å². The third kappa shape index (κ3) is 2.97. The van der Waals surface area contributed by atoms with E-state index in [1.807, 2.05) is 43.3 Å². The molecule has 3 heteroatoms. The summed E-state index contributed by atoms with van der Waals surface area (Å²) in [6, 6.07) is 14.4. The van der Waals surface area contributed by atoms with Gasteiger partial charge in [-0.2, -0.15) is 0 Å². The van der Waals surface area contributed by atoms with Gasteiger partial charge in [-0.1, -0.05) is 6.07 Å². The van der Waals surface area contributed by atoms with Gasteiger partial charge in [0, 0.05) is 31.2 Å². The smallest absolute Gasteiger partial charge is 0.123 e. The molecule has 0 amide bonds. The highest BCUT2D eigenvalue weighted by molar-refractivity contribution is 5.64. The van der Waals surface area contributed by atoms with E-state index in [9.17, 15) is 4.39 Å². The molecule has 0 spiro atoms. The Hall–Kier alpha value is -2.03. The fourth-order valence-corrected chi connectivity index (χ4v) is 1.56. The van der Waals surface area contributed by atoms with Crippen molar-refractivity contribution >= 4 is 17.1 Å². The number of nitrogens with one attached hydrogen (secondary N) is 1. The van der Waals surface area contributed by atoms with E-state index in [0.29, 0.717) is 0 Å². The van der Waals surface area contributed by atoms with Gasteiger partial charge in [-0.05, 0) is 42.5 Å². The third-order valence-electron chi connectivity index (χ3n) is 2.50. The van der Waals surface area contributed by atoms with Crippen LogP contribution < -0.4 is 10.2 Å². The number of nitrogens with zero attached hydrogens (tertiary/aromatic N) is 1. The summed E-state index contributed by atoms with van der Waals surface area (Å²) >= 11 is 0. The van der Waals surface area contributed by atoms with Crippen LogP contribution in [0.15, 0.2) is 48.5 Å². The van der Waals surface area contributed by atoms with Crippen LogP contribution >= 0.6 is 0 Å². The number of benzene rings is 2. The lowest BCUT2D eigenvalue weighted by Gasteiger charge is -2.14. The standard InChI is InChI=1S/C14H15FN2/c1-17(2)14-5-3-4-13(10-14)16-12-8-6-11(15)7-9-12/h3-10,16H,1-2H3. The lowest BCUT2D eigenvalue weighted by molar-refractivity contribution is 0.628. The number of anilines is 3. The minimum atomic E-state index is -0.224. The first-order valence-electron chi connectivity index (χ1n) is 5.45. The highest BCUT2D eigenvalue weighted by Gasteiger charge is 1.98. The second-order valence-corrected chi connectivity index (χ2v) is 4.08. The Morgan fingerprint density at radius 3 is 2.29 bits per heavy atom. The average Bonchev–Trinajstić information content (AvgIpc) is 2.32. The monoisotopic (exact) mass is 230 g/mol. The van der Waals surface area contributed by atoms with Crippen LogP contribution in [0.3, 0.4) is 0 Å². The summed E-state index contributed by atoms with van der Waals surface area (Å²) in [6.07, 6.45) is 0. The molecule has 0 bridgehead atoms. The molecule has 2 rings (SSSR count). The first-order chi connectivity index (χ1) is 8.15. The van der Waals surface area contributed by atoms with E-state index < -0.39 is 0 Å². The topological polar surface area (TPSA) is 15.3 Å². The number of hydrogen-bond donors (Lipinski definition) is 1. The predicted octanol–water partition coefficient (Wildman–Crippen LogP) is 3.64. The van der Waals surface area contributed by atoms with Gasteiger partial charge in [0.25, 0.3) is 0 Å². The minimum absolute atomic E-state index is 0.224. The summed E-state index contributed by atoms with van der Waals surface area (Å²) in [7, 11) is 3.99. The van der Waals surface area contributed by atoms with Crippen LogP contribution in [0, 0.1) is 5.82 Å². The van der Waals surface area contributed by atoms with Crippen LogP contribution in [0.1, 0.15) is 0 Å². The molecule has 2 aromatic rings. The van der Waals surface area contributed by atoms with Crippen molar-refractivity contribution < 1.29 is 4.39 Å². The minimum Gasteiger partial charge on any atom is -0.378 e. The largest absolute Gasteiger partial charge is 0.378 e. The van der Waals surface area contributed by atoms with Crippen molar-refractivity contribution in [2.75, 3.05) is 24.3 Å². The number of halogens is 1. The average molecular weight is 230 g/mol. The van der Waals surface area contributed by atoms with Crippen LogP contribution in [0.25, 0.3) is 0 Å². The Kier molecular flexibility index (Phi) is 3.28. The van der Waals surface area contributed by atoms with E-state index >= 15 is 0 Å². The van der Waals surface area contributed by atoms with E-state index in [0.717, 1.165) is 17.1 Å². The van der Waals surface area contributed by atoms with Crippen molar-refractivity contribution in [2.45, 2.75) is 0 Å². The molecule has 2 aromatic carbocycles. The molecular formula is C14H15FN2. The first-order valence-corrected chi connectivity index (χ1v) is 5.45. The van der Waals surface area contributed by atoms with Gasteiger partial charge in [0.05, 0.1) is 0 Å². The zero-order valence-electron chi connectivity index (χ0n) is 9.94. The third-order valence-corrected chi connectivity index (χ3v) is 2.50. The zero-order valence-corrected chi connectivity index (χ0v) is 9.94. The van der Waals surface area contributed by atoms with E-state index in [-0.39, 0.29) is 5.82 Å². The molecule has 2 nitrogen and oxygen atoms in total. The molecule has 88 valence electrons. The number of rotatable bonds is 3. The Morgan fingerprint density at radius 1 is 0.941 bits per heavy atom. The van der Waals surface area contributed by atoms with Gasteiger partial charge in [-0.3, -0.25) is 0 Å². The van der Waals surface area contributed by atoms with Crippen molar-refractivity contribution in [1.82, 2.24) is 0 Å². The molecular weight excluding hydrogens is 215 g/mol. The maximum absolute atomic E-state index is 12.8. The molecule has 0 fully saturated rings. The molecule has 17 heavy (non-hydrogen) atoms. The lowest BCUT2D eigenvalue weighted by atomic mass is 10.2. The summed E-state index contributed by atoms with van der Waals surface area (Å²) in [5, 5.41) is 3.23. The summed E-state index contributed by atoms with van der Waals surface area (Å²) in [5.41, 5.74) is 2.99. The Balaban J connectivity index is 2.18. The normalized spacial score (nSPS) is 10.1. The maximum atomic E-state index is 12.8. The molecule has 1 N–H and O–H groups in total. The van der Waals surface area contributed by atoms with E-state index in [2.05, 4.69) is 5.32 Å². The quantitative estimate of drug-likeness (QED) is 0.866. The Bertz CT molecular complexity index is 492. The summed E-state index contributed by atoms with van der Waals surface area (Å²) < 4.78 is 12.8. The van der Waals surface area contributed by atoms with Crippen molar-refractivity contribution in [3.8, 4) is 0 Å². The maximum Gasteiger partial charge on any atom is 0.123 e. The molecule has 0 aliphatic heterocycles. The van der Waals surface area contributed by atoms with Gasteiger partial charge < -0.3 is 10.2 Å². The van der Waals surface area contributed by atoms with E-state index in [1.54, 1.807) is 12.1 Å². The number of hydrogen-bond acceptors (Lipinski definition) is 2. The van der Waals surface area contributed by atoms with E-state index in [4.69, 9.17) is 0 Å².